The standard InChI is InChI=1S/C15H25NO3S/c1-14(19,11-20-2)10-16-12(17)8-15(9-13(16)18)6-4-3-5-7-15/h19H,3-11H2,1-2H3. The SMILES string of the molecule is CSCC(C)(O)CN1C(=O)CC2(CCCCC2)CC1=O. The van der Waals surface area contributed by atoms with Crippen LogP contribution in [0.3, 0.4) is 0 Å². The first kappa shape index (κ1) is 15.8. The Morgan fingerprint density at radius 2 is 1.75 bits per heavy atom. The molecule has 0 radical (unpaired) electrons. The van der Waals surface area contributed by atoms with Crippen LogP contribution in [0.4, 0.5) is 0 Å². The molecule has 1 heterocycles. The number of hydrogen-bond acceptors (Lipinski definition) is 4. The van der Waals surface area contributed by atoms with Gasteiger partial charge in [0.25, 0.3) is 0 Å². The highest BCUT2D eigenvalue weighted by Crippen LogP contribution is 2.45. The van der Waals surface area contributed by atoms with Gasteiger partial charge in [0.2, 0.25) is 11.8 Å². The molecule has 0 aromatic heterocycles. The minimum Gasteiger partial charge on any atom is -0.387 e. The Balaban J connectivity index is 2.04. The number of imide groups is 1. The normalized spacial score (nSPS) is 25.9. The van der Waals surface area contributed by atoms with Gasteiger partial charge in [-0.1, -0.05) is 19.3 Å². The zero-order valence-corrected chi connectivity index (χ0v) is 13.3. The molecule has 1 aliphatic carbocycles. The van der Waals surface area contributed by atoms with Crippen LogP contribution in [0, 0.1) is 5.41 Å². The second kappa shape index (κ2) is 6.06. The monoisotopic (exact) mass is 299 g/mol. The van der Waals surface area contributed by atoms with Crippen LogP contribution in [0.25, 0.3) is 0 Å². The molecule has 1 unspecified atom stereocenters. The van der Waals surface area contributed by atoms with Crippen molar-refractivity contribution in [3.63, 3.8) is 0 Å². The van der Waals surface area contributed by atoms with E-state index in [1.54, 1.807) is 6.92 Å². The van der Waals surface area contributed by atoms with E-state index in [1.807, 2.05) is 6.26 Å². The van der Waals surface area contributed by atoms with Gasteiger partial charge in [0.15, 0.2) is 0 Å². The largest absolute Gasteiger partial charge is 0.387 e. The van der Waals surface area contributed by atoms with Crippen molar-refractivity contribution in [2.24, 2.45) is 5.41 Å². The Morgan fingerprint density at radius 1 is 1.20 bits per heavy atom. The quantitative estimate of drug-likeness (QED) is 0.809. The van der Waals surface area contributed by atoms with E-state index in [4.69, 9.17) is 0 Å². The minimum absolute atomic E-state index is 0.0751. The summed E-state index contributed by atoms with van der Waals surface area (Å²) in [7, 11) is 0. The van der Waals surface area contributed by atoms with Gasteiger partial charge in [-0.25, -0.2) is 0 Å². The molecular formula is C15H25NO3S. The first-order chi connectivity index (χ1) is 9.37. The molecule has 0 aromatic carbocycles. The molecule has 20 heavy (non-hydrogen) atoms. The van der Waals surface area contributed by atoms with Gasteiger partial charge in [-0.05, 0) is 31.4 Å². The first-order valence-corrected chi connectivity index (χ1v) is 8.81. The van der Waals surface area contributed by atoms with Gasteiger partial charge in [0.05, 0.1) is 12.1 Å². The molecule has 0 bridgehead atoms. The van der Waals surface area contributed by atoms with Gasteiger partial charge in [-0.2, -0.15) is 11.8 Å². The fourth-order valence-corrected chi connectivity index (χ4v) is 4.28. The molecule has 5 heteroatoms. The molecule has 1 saturated carbocycles. The summed E-state index contributed by atoms with van der Waals surface area (Å²) in [6.07, 6.45) is 8.35. The number of likely N-dealkylation sites (tertiary alicyclic amines) is 1. The van der Waals surface area contributed by atoms with E-state index in [0.29, 0.717) is 18.6 Å². The summed E-state index contributed by atoms with van der Waals surface area (Å²) in [6.45, 7) is 1.82. The van der Waals surface area contributed by atoms with E-state index in [9.17, 15) is 14.7 Å². The molecular weight excluding hydrogens is 274 g/mol. The Bertz CT molecular complexity index is 369. The highest BCUT2D eigenvalue weighted by molar-refractivity contribution is 7.98. The van der Waals surface area contributed by atoms with E-state index >= 15 is 0 Å². The summed E-state index contributed by atoms with van der Waals surface area (Å²) >= 11 is 1.52. The Kier molecular flexibility index (Phi) is 4.80. The van der Waals surface area contributed by atoms with E-state index in [2.05, 4.69) is 0 Å². The van der Waals surface area contributed by atoms with Crippen molar-refractivity contribution >= 4 is 23.6 Å². The van der Waals surface area contributed by atoms with E-state index in [1.165, 1.54) is 23.1 Å². The third-order valence-corrected chi connectivity index (χ3v) is 5.43. The van der Waals surface area contributed by atoms with Crippen LogP contribution < -0.4 is 0 Å². The van der Waals surface area contributed by atoms with Crippen molar-refractivity contribution in [3.8, 4) is 0 Å². The lowest BCUT2D eigenvalue weighted by Crippen LogP contribution is -2.54. The smallest absolute Gasteiger partial charge is 0.229 e. The summed E-state index contributed by atoms with van der Waals surface area (Å²) < 4.78 is 0. The molecule has 2 aliphatic rings. The third-order valence-electron chi connectivity index (χ3n) is 4.52. The van der Waals surface area contributed by atoms with Crippen LogP contribution >= 0.6 is 11.8 Å². The number of nitrogens with zero attached hydrogens (tertiary/aromatic N) is 1. The number of thioether (sulfide) groups is 1. The molecule has 2 amide bonds. The predicted molar refractivity (Wildman–Crippen MR) is 80.5 cm³/mol. The van der Waals surface area contributed by atoms with Crippen molar-refractivity contribution in [1.82, 2.24) is 4.90 Å². The van der Waals surface area contributed by atoms with Crippen LogP contribution in [0.15, 0.2) is 0 Å². The van der Waals surface area contributed by atoms with Crippen molar-refractivity contribution < 1.29 is 14.7 Å². The predicted octanol–water partition coefficient (Wildman–Crippen LogP) is 2.20. The molecule has 1 saturated heterocycles. The van der Waals surface area contributed by atoms with Gasteiger partial charge in [-0.15, -0.1) is 0 Å². The van der Waals surface area contributed by atoms with Crippen molar-refractivity contribution in [2.75, 3.05) is 18.6 Å². The van der Waals surface area contributed by atoms with Crippen LogP contribution in [-0.2, 0) is 9.59 Å². The average molecular weight is 299 g/mol. The topological polar surface area (TPSA) is 57.6 Å². The summed E-state index contributed by atoms with van der Waals surface area (Å²) in [5.74, 6) is 0.337. The maximum atomic E-state index is 12.3. The number of carbonyl (C=O) groups is 2. The number of amides is 2. The van der Waals surface area contributed by atoms with E-state index in [0.717, 1.165) is 25.7 Å². The zero-order chi connectivity index (χ0) is 14.8. The minimum atomic E-state index is -0.998. The van der Waals surface area contributed by atoms with E-state index < -0.39 is 5.60 Å². The Hall–Kier alpha value is -0.550. The van der Waals surface area contributed by atoms with Crippen LogP contribution in [0.1, 0.15) is 51.9 Å². The molecule has 2 fully saturated rings. The molecule has 1 N–H and O–H groups in total. The second-order valence-electron chi connectivity index (χ2n) is 6.72. The zero-order valence-electron chi connectivity index (χ0n) is 12.5. The lowest BCUT2D eigenvalue weighted by Gasteiger charge is -2.43. The van der Waals surface area contributed by atoms with E-state index in [-0.39, 0.29) is 23.8 Å². The molecule has 1 aliphatic heterocycles. The number of hydrogen-bond donors (Lipinski definition) is 1. The summed E-state index contributed by atoms with van der Waals surface area (Å²) in [5, 5.41) is 10.2. The number of aliphatic hydroxyl groups is 1. The lowest BCUT2D eigenvalue weighted by atomic mass is 9.67. The highest BCUT2D eigenvalue weighted by atomic mass is 32.2. The van der Waals surface area contributed by atoms with Gasteiger partial charge < -0.3 is 5.11 Å². The van der Waals surface area contributed by atoms with Crippen molar-refractivity contribution in [2.45, 2.75) is 57.5 Å². The second-order valence-corrected chi connectivity index (χ2v) is 7.58. The first-order valence-electron chi connectivity index (χ1n) is 7.42. The fraction of sp³-hybridized carbons (Fsp3) is 0.867. The number of β-amino-alcohol motifs (C(OH)–C–C–N with tert-alkyl or cyclic N) is 1. The third kappa shape index (κ3) is 3.55. The van der Waals surface area contributed by atoms with Gasteiger partial charge in [0.1, 0.15) is 0 Å². The molecule has 114 valence electrons. The van der Waals surface area contributed by atoms with Crippen molar-refractivity contribution in [1.29, 1.82) is 0 Å². The van der Waals surface area contributed by atoms with Crippen LogP contribution in [0.5, 0.6) is 0 Å². The molecule has 2 rings (SSSR count). The Morgan fingerprint density at radius 3 is 2.25 bits per heavy atom. The number of carbonyl (C=O) groups excluding carboxylic acids is 2. The number of piperidine rings is 1. The number of rotatable bonds is 4. The van der Waals surface area contributed by atoms with Gasteiger partial charge in [-0.3, -0.25) is 14.5 Å². The fourth-order valence-electron chi connectivity index (χ4n) is 3.56. The maximum absolute atomic E-state index is 12.3. The summed E-state index contributed by atoms with van der Waals surface area (Å²) in [4.78, 5) is 26.0. The molecule has 0 aromatic rings. The van der Waals surface area contributed by atoms with Crippen LogP contribution in [0.2, 0.25) is 0 Å². The maximum Gasteiger partial charge on any atom is 0.229 e. The molecule has 4 nitrogen and oxygen atoms in total. The molecule has 1 atom stereocenters. The van der Waals surface area contributed by atoms with Crippen LogP contribution in [-0.4, -0.2) is 46.0 Å². The summed E-state index contributed by atoms with van der Waals surface area (Å²) in [6, 6.07) is 0. The Labute approximate surface area is 125 Å². The highest BCUT2D eigenvalue weighted by Gasteiger charge is 2.45. The lowest BCUT2D eigenvalue weighted by molar-refractivity contribution is -0.158. The average Bonchev–Trinajstić information content (AvgIpc) is 2.35. The summed E-state index contributed by atoms with van der Waals surface area (Å²) in [5.41, 5.74) is -1.07. The van der Waals surface area contributed by atoms with Gasteiger partial charge >= 0.3 is 0 Å². The van der Waals surface area contributed by atoms with Gasteiger partial charge in [0, 0.05) is 18.6 Å². The molecule has 1 spiro atoms. The van der Waals surface area contributed by atoms with Crippen molar-refractivity contribution in [3.05, 3.63) is 0 Å².